The van der Waals surface area contributed by atoms with Gasteiger partial charge in [-0.25, -0.2) is 9.18 Å². The van der Waals surface area contributed by atoms with Gasteiger partial charge in [-0.3, -0.25) is 0 Å². The van der Waals surface area contributed by atoms with Crippen LogP contribution >= 0.6 is 15.9 Å². The van der Waals surface area contributed by atoms with Crippen LogP contribution in [0.1, 0.15) is 10.4 Å². The SMILES string of the molecule is COC(=O)c1cc(N)ccc1Nc1c(F)cccc1Br. The number of carbonyl (C=O) groups is 1. The second kappa shape index (κ2) is 5.92. The van der Waals surface area contributed by atoms with Crippen LogP contribution in [0.25, 0.3) is 0 Å². The lowest BCUT2D eigenvalue weighted by Gasteiger charge is -2.13. The number of methoxy groups -OCH3 is 1. The van der Waals surface area contributed by atoms with E-state index in [1.165, 1.54) is 19.2 Å². The second-order valence-corrected chi connectivity index (χ2v) is 4.87. The first kappa shape index (κ1) is 14.3. The zero-order valence-electron chi connectivity index (χ0n) is 10.6. The molecule has 2 rings (SSSR count). The van der Waals surface area contributed by atoms with E-state index in [0.717, 1.165) is 0 Å². The highest BCUT2D eigenvalue weighted by Gasteiger charge is 2.15. The molecule has 0 radical (unpaired) electrons. The smallest absolute Gasteiger partial charge is 0.340 e. The standard InChI is InChI=1S/C14H12BrFN2O2/c1-20-14(19)9-7-8(17)5-6-12(9)18-13-10(15)3-2-4-11(13)16/h2-7,18H,17H2,1H3. The molecule has 0 aliphatic carbocycles. The van der Waals surface area contributed by atoms with Gasteiger partial charge in [0.2, 0.25) is 0 Å². The van der Waals surface area contributed by atoms with E-state index in [4.69, 9.17) is 10.5 Å². The fraction of sp³-hybridized carbons (Fsp3) is 0.0714. The van der Waals surface area contributed by atoms with Crippen molar-refractivity contribution in [3.05, 3.63) is 52.3 Å². The molecule has 0 amide bonds. The third-order valence-electron chi connectivity index (χ3n) is 2.67. The molecule has 0 spiro atoms. The highest BCUT2D eigenvalue weighted by atomic mass is 79.9. The van der Waals surface area contributed by atoms with Gasteiger partial charge in [0.15, 0.2) is 0 Å². The third kappa shape index (κ3) is 2.91. The fourth-order valence-corrected chi connectivity index (χ4v) is 2.14. The minimum absolute atomic E-state index is 0.238. The van der Waals surface area contributed by atoms with Crippen LogP contribution in [0, 0.1) is 5.82 Å². The summed E-state index contributed by atoms with van der Waals surface area (Å²) in [6, 6.07) is 9.28. The molecule has 0 heterocycles. The molecular formula is C14H12BrFN2O2. The number of esters is 1. The van der Waals surface area contributed by atoms with Crippen LogP contribution in [0.15, 0.2) is 40.9 Å². The van der Waals surface area contributed by atoms with Crippen LogP contribution in [0.2, 0.25) is 0 Å². The average Bonchev–Trinajstić information content (AvgIpc) is 2.43. The van der Waals surface area contributed by atoms with Gasteiger partial charge in [0.25, 0.3) is 0 Å². The molecule has 6 heteroatoms. The molecule has 3 N–H and O–H groups in total. The Morgan fingerprint density at radius 1 is 1.35 bits per heavy atom. The first-order valence-electron chi connectivity index (χ1n) is 5.72. The van der Waals surface area contributed by atoms with Crippen LogP contribution in [0.4, 0.5) is 21.5 Å². The largest absolute Gasteiger partial charge is 0.465 e. The third-order valence-corrected chi connectivity index (χ3v) is 3.33. The van der Waals surface area contributed by atoms with Gasteiger partial charge in [-0.2, -0.15) is 0 Å². The van der Waals surface area contributed by atoms with Crippen molar-refractivity contribution < 1.29 is 13.9 Å². The van der Waals surface area contributed by atoms with E-state index in [9.17, 15) is 9.18 Å². The minimum atomic E-state index is -0.549. The number of carbonyl (C=O) groups excluding carboxylic acids is 1. The number of nitrogens with one attached hydrogen (secondary N) is 1. The Balaban J connectivity index is 2.46. The van der Waals surface area contributed by atoms with Crippen molar-refractivity contribution in [3.63, 3.8) is 0 Å². The zero-order chi connectivity index (χ0) is 14.7. The Morgan fingerprint density at radius 2 is 2.10 bits per heavy atom. The van der Waals surface area contributed by atoms with E-state index in [2.05, 4.69) is 21.2 Å². The maximum Gasteiger partial charge on any atom is 0.340 e. The summed E-state index contributed by atoms with van der Waals surface area (Å²) in [7, 11) is 1.27. The fourth-order valence-electron chi connectivity index (χ4n) is 1.70. The summed E-state index contributed by atoms with van der Waals surface area (Å²) in [5, 5.41) is 2.87. The number of nitrogen functional groups attached to an aromatic ring is 1. The Labute approximate surface area is 123 Å². The molecule has 0 saturated heterocycles. The van der Waals surface area contributed by atoms with Gasteiger partial charge in [0.1, 0.15) is 5.82 Å². The zero-order valence-corrected chi connectivity index (χ0v) is 12.2. The summed E-state index contributed by atoms with van der Waals surface area (Å²) < 4.78 is 19.0. The molecule has 2 aromatic rings. The number of para-hydroxylation sites is 1. The number of rotatable bonds is 3. The van der Waals surface area contributed by atoms with Crippen LogP contribution in [-0.4, -0.2) is 13.1 Å². The van der Waals surface area contributed by atoms with Crippen LogP contribution < -0.4 is 11.1 Å². The van der Waals surface area contributed by atoms with Gasteiger partial charge in [-0.15, -0.1) is 0 Å². The summed E-state index contributed by atoms with van der Waals surface area (Å²) in [4.78, 5) is 11.7. The second-order valence-electron chi connectivity index (χ2n) is 4.02. The molecule has 20 heavy (non-hydrogen) atoms. The first-order valence-corrected chi connectivity index (χ1v) is 6.51. The number of halogens is 2. The summed E-state index contributed by atoms with van der Waals surface area (Å²) in [5.74, 6) is -0.987. The van der Waals surface area contributed by atoms with Gasteiger partial charge in [-0.1, -0.05) is 6.07 Å². The van der Waals surface area contributed by atoms with E-state index < -0.39 is 11.8 Å². The molecule has 2 aromatic carbocycles. The van der Waals surface area contributed by atoms with Crippen LogP contribution in [-0.2, 0) is 4.74 Å². The molecule has 104 valence electrons. The number of anilines is 3. The first-order chi connectivity index (χ1) is 9.52. The molecule has 0 atom stereocenters. The maximum atomic E-state index is 13.8. The predicted molar refractivity (Wildman–Crippen MR) is 79.6 cm³/mol. The lowest BCUT2D eigenvalue weighted by molar-refractivity contribution is 0.0602. The molecule has 4 nitrogen and oxygen atoms in total. The summed E-state index contributed by atoms with van der Waals surface area (Å²) in [5.41, 5.74) is 6.96. The summed E-state index contributed by atoms with van der Waals surface area (Å²) in [6.07, 6.45) is 0. The molecule has 0 aromatic heterocycles. The van der Waals surface area contributed by atoms with E-state index in [1.54, 1.807) is 24.3 Å². The predicted octanol–water partition coefficient (Wildman–Crippen LogP) is 3.70. The van der Waals surface area contributed by atoms with E-state index in [1.807, 2.05) is 0 Å². The van der Waals surface area contributed by atoms with Crippen molar-refractivity contribution in [1.29, 1.82) is 0 Å². The van der Waals surface area contributed by atoms with E-state index in [-0.39, 0.29) is 11.3 Å². The lowest BCUT2D eigenvalue weighted by Crippen LogP contribution is -2.07. The normalized spacial score (nSPS) is 10.2. The monoisotopic (exact) mass is 338 g/mol. The lowest BCUT2D eigenvalue weighted by atomic mass is 10.1. The van der Waals surface area contributed by atoms with E-state index in [0.29, 0.717) is 15.8 Å². The quantitative estimate of drug-likeness (QED) is 0.661. The topological polar surface area (TPSA) is 64.3 Å². The molecular weight excluding hydrogens is 327 g/mol. The Morgan fingerprint density at radius 3 is 2.75 bits per heavy atom. The molecule has 0 saturated carbocycles. The number of ether oxygens (including phenoxy) is 1. The van der Waals surface area contributed by atoms with Crippen LogP contribution in [0.3, 0.4) is 0 Å². The number of benzene rings is 2. The summed E-state index contributed by atoms with van der Waals surface area (Å²) in [6.45, 7) is 0. The number of hydrogen-bond acceptors (Lipinski definition) is 4. The number of nitrogens with two attached hydrogens (primary N) is 1. The molecule has 0 aliphatic rings. The van der Waals surface area contributed by atoms with Crippen molar-refractivity contribution in [2.24, 2.45) is 0 Å². The summed E-state index contributed by atoms with van der Waals surface area (Å²) >= 11 is 3.25. The van der Waals surface area contributed by atoms with Gasteiger partial charge >= 0.3 is 5.97 Å². The molecule has 0 aliphatic heterocycles. The van der Waals surface area contributed by atoms with Crippen molar-refractivity contribution in [3.8, 4) is 0 Å². The molecule has 0 bridgehead atoms. The Bertz CT molecular complexity index is 641. The highest BCUT2D eigenvalue weighted by molar-refractivity contribution is 9.10. The van der Waals surface area contributed by atoms with Gasteiger partial charge in [0.05, 0.1) is 24.0 Å². The maximum absolute atomic E-state index is 13.8. The molecule has 0 fully saturated rings. The molecule has 0 unspecified atom stereocenters. The van der Waals surface area contributed by atoms with Gasteiger partial charge < -0.3 is 15.8 Å². The van der Waals surface area contributed by atoms with Gasteiger partial charge in [-0.05, 0) is 46.3 Å². The minimum Gasteiger partial charge on any atom is -0.465 e. The van der Waals surface area contributed by atoms with Crippen molar-refractivity contribution >= 4 is 39.0 Å². The highest BCUT2D eigenvalue weighted by Crippen LogP contribution is 2.30. The van der Waals surface area contributed by atoms with Gasteiger partial charge in [0, 0.05) is 10.2 Å². The van der Waals surface area contributed by atoms with Crippen molar-refractivity contribution in [2.45, 2.75) is 0 Å². The van der Waals surface area contributed by atoms with Crippen molar-refractivity contribution in [1.82, 2.24) is 0 Å². The Kier molecular flexibility index (Phi) is 4.24. The average molecular weight is 339 g/mol. The Hall–Kier alpha value is -2.08. The van der Waals surface area contributed by atoms with Crippen molar-refractivity contribution in [2.75, 3.05) is 18.2 Å². The van der Waals surface area contributed by atoms with E-state index >= 15 is 0 Å². The number of hydrogen-bond donors (Lipinski definition) is 2. The van der Waals surface area contributed by atoms with Crippen LogP contribution in [0.5, 0.6) is 0 Å².